The van der Waals surface area contributed by atoms with Crippen LogP contribution < -0.4 is 5.32 Å². The molecule has 3 rings (SSSR count). The van der Waals surface area contributed by atoms with Gasteiger partial charge in [-0.2, -0.15) is 0 Å². The van der Waals surface area contributed by atoms with Crippen LogP contribution in [0.15, 0.2) is 30.3 Å². The molecule has 1 aromatic carbocycles. The second kappa shape index (κ2) is 8.63. The van der Waals surface area contributed by atoms with E-state index in [4.69, 9.17) is 0 Å². The van der Waals surface area contributed by atoms with Gasteiger partial charge in [-0.3, -0.25) is 14.6 Å². The van der Waals surface area contributed by atoms with Crippen molar-refractivity contribution in [3.05, 3.63) is 35.9 Å². The maximum absolute atomic E-state index is 12.4. The highest BCUT2D eigenvalue weighted by atomic mass is 16.2. The molecule has 2 fully saturated rings. The van der Waals surface area contributed by atoms with Crippen LogP contribution in [0.25, 0.3) is 0 Å². The standard InChI is InChI=1S/C20H31N3O/c1-2-17(18-8-4-3-5-9-18)14-21-20(24)16-22-11-7-13-23-12-6-10-19(23)15-22/h3-5,8-9,17,19H,2,6-7,10-16H2,1H3,(H,21,24)/t17-,19-/m1/s1. The van der Waals surface area contributed by atoms with E-state index >= 15 is 0 Å². The van der Waals surface area contributed by atoms with Crippen LogP contribution in [0.5, 0.6) is 0 Å². The van der Waals surface area contributed by atoms with Crippen molar-refractivity contribution >= 4 is 5.91 Å². The Morgan fingerprint density at radius 3 is 2.79 bits per heavy atom. The summed E-state index contributed by atoms with van der Waals surface area (Å²) in [5, 5.41) is 3.17. The summed E-state index contributed by atoms with van der Waals surface area (Å²) >= 11 is 0. The molecule has 2 aliphatic rings. The van der Waals surface area contributed by atoms with Crippen LogP contribution in [0.1, 0.15) is 44.1 Å². The summed E-state index contributed by atoms with van der Waals surface area (Å²) in [7, 11) is 0. The fourth-order valence-electron chi connectivity index (χ4n) is 4.15. The van der Waals surface area contributed by atoms with E-state index in [1.54, 1.807) is 0 Å². The van der Waals surface area contributed by atoms with E-state index in [1.165, 1.54) is 37.9 Å². The van der Waals surface area contributed by atoms with Gasteiger partial charge in [-0.05, 0) is 50.9 Å². The van der Waals surface area contributed by atoms with Gasteiger partial charge in [0.2, 0.25) is 5.91 Å². The number of amides is 1. The largest absolute Gasteiger partial charge is 0.354 e. The molecule has 0 radical (unpaired) electrons. The molecule has 4 heteroatoms. The van der Waals surface area contributed by atoms with Gasteiger partial charge in [-0.1, -0.05) is 37.3 Å². The molecule has 1 aromatic rings. The smallest absolute Gasteiger partial charge is 0.234 e. The Morgan fingerprint density at radius 1 is 1.21 bits per heavy atom. The molecule has 0 aliphatic carbocycles. The van der Waals surface area contributed by atoms with Gasteiger partial charge < -0.3 is 5.32 Å². The average molecular weight is 329 g/mol. The molecule has 132 valence electrons. The van der Waals surface area contributed by atoms with Crippen LogP contribution in [0.3, 0.4) is 0 Å². The van der Waals surface area contributed by atoms with Crippen LogP contribution in [-0.2, 0) is 4.79 Å². The molecule has 1 N–H and O–H groups in total. The lowest BCUT2D eigenvalue weighted by atomic mass is 9.96. The van der Waals surface area contributed by atoms with Gasteiger partial charge in [-0.25, -0.2) is 0 Å². The van der Waals surface area contributed by atoms with E-state index in [1.807, 2.05) is 6.07 Å². The minimum absolute atomic E-state index is 0.177. The third-order valence-electron chi connectivity index (χ3n) is 5.56. The lowest BCUT2D eigenvalue weighted by molar-refractivity contribution is -0.122. The molecule has 0 aromatic heterocycles. The third-order valence-corrected chi connectivity index (χ3v) is 5.56. The van der Waals surface area contributed by atoms with Crippen LogP contribution in [0.2, 0.25) is 0 Å². The number of hydrogen-bond donors (Lipinski definition) is 1. The van der Waals surface area contributed by atoms with E-state index in [0.717, 1.165) is 26.1 Å². The van der Waals surface area contributed by atoms with Crippen LogP contribution in [-0.4, -0.2) is 61.0 Å². The molecule has 0 unspecified atom stereocenters. The number of fused-ring (bicyclic) bond motifs is 1. The second-order valence-electron chi connectivity index (χ2n) is 7.24. The van der Waals surface area contributed by atoms with Gasteiger partial charge in [0.15, 0.2) is 0 Å². The number of carbonyl (C=O) groups is 1. The van der Waals surface area contributed by atoms with Gasteiger partial charge in [0.25, 0.3) is 0 Å². The zero-order chi connectivity index (χ0) is 16.8. The topological polar surface area (TPSA) is 35.6 Å². The van der Waals surface area contributed by atoms with Crippen molar-refractivity contribution < 1.29 is 4.79 Å². The number of carbonyl (C=O) groups excluding carboxylic acids is 1. The first kappa shape index (κ1) is 17.4. The first-order valence-electron chi connectivity index (χ1n) is 9.54. The monoisotopic (exact) mass is 329 g/mol. The first-order chi connectivity index (χ1) is 11.8. The fraction of sp³-hybridized carbons (Fsp3) is 0.650. The Labute approximate surface area is 146 Å². The maximum atomic E-state index is 12.4. The minimum Gasteiger partial charge on any atom is -0.354 e. The molecule has 0 saturated carbocycles. The molecular formula is C20H31N3O. The van der Waals surface area contributed by atoms with Crippen molar-refractivity contribution in [2.24, 2.45) is 0 Å². The van der Waals surface area contributed by atoms with Gasteiger partial charge >= 0.3 is 0 Å². The van der Waals surface area contributed by atoms with Gasteiger partial charge in [0, 0.05) is 25.0 Å². The average Bonchev–Trinajstić information content (AvgIpc) is 2.95. The number of benzene rings is 1. The van der Waals surface area contributed by atoms with E-state index in [2.05, 4.69) is 46.3 Å². The summed E-state index contributed by atoms with van der Waals surface area (Å²) in [5.41, 5.74) is 1.32. The second-order valence-corrected chi connectivity index (χ2v) is 7.24. The normalized spacial score (nSPS) is 23.5. The van der Waals surface area contributed by atoms with Crippen LogP contribution in [0, 0.1) is 0 Å². The number of rotatable bonds is 6. The highest BCUT2D eigenvalue weighted by molar-refractivity contribution is 5.78. The van der Waals surface area contributed by atoms with E-state index in [9.17, 15) is 4.79 Å². The van der Waals surface area contributed by atoms with Crippen molar-refractivity contribution in [2.45, 2.75) is 44.6 Å². The molecule has 1 amide bonds. The number of nitrogens with zero attached hydrogens (tertiary/aromatic N) is 2. The van der Waals surface area contributed by atoms with Crippen molar-refractivity contribution in [3.63, 3.8) is 0 Å². The first-order valence-corrected chi connectivity index (χ1v) is 9.54. The summed E-state index contributed by atoms with van der Waals surface area (Å²) in [6.07, 6.45) is 4.85. The van der Waals surface area contributed by atoms with Gasteiger partial charge in [0.1, 0.15) is 0 Å². The van der Waals surface area contributed by atoms with Crippen molar-refractivity contribution in [2.75, 3.05) is 39.3 Å². The maximum Gasteiger partial charge on any atom is 0.234 e. The fourth-order valence-corrected chi connectivity index (χ4v) is 4.15. The van der Waals surface area contributed by atoms with Crippen LogP contribution in [0.4, 0.5) is 0 Å². The van der Waals surface area contributed by atoms with Crippen molar-refractivity contribution in [1.82, 2.24) is 15.1 Å². The molecule has 2 saturated heterocycles. The Hall–Kier alpha value is -1.39. The van der Waals surface area contributed by atoms with Crippen LogP contribution >= 0.6 is 0 Å². The molecule has 0 spiro atoms. The van der Waals surface area contributed by atoms with E-state index < -0.39 is 0 Å². The Kier molecular flexibility index (Phi) is 6.27. The summed E-state index contributed by atoms with van der Waals surface area (Å²) < 4.78 is 0. The van der Waals surface area contributed by atoms with Crippen molar-refractivity contribution in [3.8, 4) is 0 Å². The molecule has 2 heterocycles. The van der Waals surface area contributed by atoms with E-state index in [0.29, 0.717) is 18.5 Å². The lowest BCUT2D eigenvalue weighted by Gasteiger charge is -2.25. The highest BCUT2D eigenvalue weighted by Gasteiger charge is 2.29. The summed E-state index contributed by atoms with van der Waals surface area (Å²) in [4.78, 5) is 17.4. The number of nitrogens with one attached hydrogen (secondary N) is 1. The minimum atomic E-state index is 0.177. The zero-order valence-electron chi connectivity index (χ0n) is 14.9. The molecule has 2 atom stereocenters. The zero-order valence-corrected chi connectivity index (χ0v) is 14.9. The predicted octanol–water partition coefficient (Wildman–Crippen LogP) is 2.47. The Bertz CT molecular complexity index is 519. The summed E-state index contributed by atoms with van der Waals surface area (Å²) in [5.74, 6) is 0.584. The van der Waals surface area contributed by atoms with E-state index in [-0.39, 0.29) is 5.91 Å². The molecule has 0 bridgehead atoms. The van der Waals surface area contributed by atoms with Gasteiger partial charge in [0.05, 0.1) is 6.54 Å². The van der Waals surface area contributed by atoms with Gasteiger partial charge in [-0.15, -0.1) is 0 Å². The molecule has 2 aliphatic heterocycles. The molecular weight excluding hydrogens is 298 g/mol. The van der Waals surface area contributed by atoms with Crippen molar-refractivity contribution in [1.29, 1.82) is 0 Å². The highest BCUT2D eigenvalue weighted by Crippen LogP contribution is 2.21. The predicted molar refractivity (Wildman–Crippen MR) is 98.1 cm³/mol. The quantitative estimate of drug-likeness (QED) is 0.871. The molecule has 24 heavy (non-hydrogen) atoms. The summed E-state index contributed by atoms with van der Waals surface area (Å²) in [6, 6.07) is 11.2. The summed E-state index contributed by atoms with van der Waals surface area (Å²) in [6.45, 7) is 8.04. The Morgan fingerprint density at radius 2 is 2.00 bits per heavy atom. The lowest BCUT2D eigenvalue weighted by Crippen LogP contribution is -2.42. The molecule has 4 nitrogen and oxygen atoms in total. The number of hydrogen-bond acceptors (Lipinski definition) is 3. The SMILES string of the molecule is CC[C@H](CNC(=O)CN1CCCN2CCC[C@@H]2C1)c1ccccc1. The Balaban J connectivity index is 1.46. The third kappa shape index (κ3) is 4.58.